The van der Waals surface area contributed by atoms with Crippen molar-refractivity contribution in [3.8, 4) is 34.6 Å². The molecule has 1 N–H and O–H groups in total. The second-order valence-electron chi connectivity index (χ2n) is 5.64. The van der Waals surface area contributed by atoms with Crippen LogP contribution in [0.25, 0.3) is 11.1 Å². The van der Waals surface area contributed by atoms with E-state index in [1.54, 1.807) is 24.3 Å². The molecule has 0 amide bonds. The molecule has 0 aliphatic carbocycles. The first-order chi connectivity index (χ1) is 13.6. The molecule has 0 saturated heterocycles. The summed E-state index contributed by atoms with van der Waals surface area (Å²) in [5.41, 5.74) is 1.33. The Morgan fingerprint density at radius 3 is 2.14 bits per heavy atom. The highest BCUT2D eigenvalue weighted by Gasteiger charge is 2.20. The molecule has 0 saturated carbocycles. The largest absolute Gasteiger partial charge is 0.478 e. The van der Waals surface area contributed by atoms with Gasteiger partial charge in [-0.05, 0) is 31.0 Å². The van der Waals surface area contributed by atoms with Crippen LogP contribution in [0.4, 0.5) is 0 Å². The van der Waals surface area contributed by atoms with Gasteiger partial charge in [0.25, 0.3) is 0 Å². The van der Waals surface area contributed by atoms with Crippen molar-refractivity contribution in [1.29, 1.82) is 0 Å². The summed E-state index contributed by atoms with van der Waals surface area (Å²) in [6, 6.07) is 15.7. The summed E-state index contributed by atoms with van der Waals surface area (Å²) < 4.78 is 16.6. The van der Waals surface area contributed by atoms with Crippen LogP contribution in [0.15, 0.2) is 54.6 Å². The minimum Gasteiger partial charge on any atom is -0.478 e. The van der Waals surface area contributed by atoms with Crippen LogP contribution in [0, 0.1) is 0 Å². The number of carboxylic acids is 1. The van der Waals surface area contributed by atoms with E-state index in [9.17, 15) is 9.90 Å². The number of ether oxygens (including phenoxy) is 3. The van der Waals surface area contributed by atoms with E-state index in [-0.39, 0.29) is 29.1 Å². The van der Waals surface area contributed by atoms with Crippen LogP contribution in [0.1, 0.15) is 24.2 Å². The molecule has 3 aromatic rings. The lowest BCUT2D eigenvalue weighted by Gasteiger charge is -2.13. The maximum Gasteiger partial charge on any atom is 0.340 e. The standard InChI is InChI=1S/C21H20N2O5/c1-3-26-17-13-18(27-4-2)23-21(22-17)28-16-12-8-11-15(19(16)20(24)25)14-9-6-5-7-10-14/h5-13H,3-4H2,1-2H3,(H,24,25). The average Bonchev–Trinajstić information content (AvgIpc) is 2.68. The molecule has 1 aromatic heterocycles. The number of benzene rings is 2. The first-order valence-corrected chi connectivity index (χ1v) is 8.86. The second kappa shape index (κ2) is 8.85. The molecule has 0 spiro atoms. The van der Waals surface area contributed by atoms with Crippen molar-refractivity contribution in [3.05, 3.63) is 60.2 Å². The van der Waals surface area contributed by atoms with E-state index in [0.29, 0.717) is 18.8 Å². The van der Waals surface area contributed by atoms with Crippen LogP contribution < -0.4 is 14.2 Å². The van der Waals surface area contributed by atoms with Gasteiger partial charge in [-0.15, -0.1) is 0 Å². The molecule has 144 valence electrons. The normalized spacial score (nSPS) is 10.4. The Balaban J connectivity index is 2.04. The van der Waals surface area contributed by atoms with E-state index in [2.05, 4.69) is 9.97 Å². The molecule has 0 unspecified atom stereocenters. The monoisotopic (exact) mass is 380 g/mol. The summed E-state index contributed by atoms with van der Waals surface area (Å²) in [6.45, 7) is 4.47. The minimum absolute atomic E-state index is 0.0251. The van der Waals surface area contributed by atoms with E-state index in [0.717, 1.165) is 5.56 Å². The van der Waals surface area contributed by atoms with Crippen LogP contribution in [-0.4, -0.2) is 34.3 Å². The maximum atomic E-state index is 12.0. The third kappa shape index (κ3) is 4.37. The number of carboxylic acid groups (broad SMARTS) is 1. The van der Waals surface area contributed by atoms with Crippen molar-refractivity contribution >= 4 is 5.97 Å². The van der Waals surface area contributed by atoms with E-state index in [1.807, 2.05) is 44.2 Å². The lowest BCUT2D eigenvalue weighted by molar-refractivity contribution is 0.0695. The number of hydrogen-bond donors (Lipinski definition) is 1. The fourth-order valence-electron chi connectivity index (χ4n) is 2.67. The quantitative estimate of drug-likeness (QED) is 0.618. The van der Waals surface area contributed by atoms with E-state index in [1.165, 1.54) is 0 Å². The molecule has 0 radical (unpaired) electrons. The van der Waals surface area contributed by atoms with Gasteiger partial charge in [0.2, 0.25) is 11.8 Å². The fraction of sp³-hybridized carbons (Fsp3) is 0.190. The maximum absolute atomic E-state index is 12.0. The van der Waals surface area contributed by atoms with Gasteiger partial charge in [-0.25, -0.2) is 4.79 Å². The number of nitrogens with zero attached hydrogens (tertiary/aromatic N) is 2. The Hall–Kier alpha value is -3.61. The zero-order valence-electron chi connectivity index (χ0n) is 15.6. The highest BCUT2D eigenvalue weighted by Crippen LogP contribution is 2.33. The molecule has 0 atom stereocenters. The third-order valence-corrected chi connectivity index (χ3v) is 3.77. The number of rotatable bonds is 8. The first-order valence-electron chi connectivity index (χ1n) is 8.86. The molecule has 3 rings (SSSR count). The van der Waals surface area contributed by atoms with Crippen LogP contribution in [0.3, 0.4) is 0 Å². The molecule has 2 aromatic carbocycles. The summed E-state index contributed by atoms with van der Waals surface area (Å²) in [6.07, 6.45) is 0. The SMILES string of the molecule is CCOc1cc(OCC)nc(Oc2cccc(-c3ccccc3)c2C(=O)O)n1. The molecule has 1 heterocycles. The molecule has 7 nitrogen and oxygen atoms in total. The molecule has 28 heavy (non-hydrogen) atoms. The van der Waals surface area contributed by atoms with Gasteiger partial charge in [-0.3, -0.25) is 0 Å². The minimum atomic E-state index is -1.11. The Morgan fingerprint density at radius 2 is 1.57 bits per heavy atom. The molecule has 0 bridgehead atoms. The molecule has 0 fully saturated rings. The lowest BCUT2D eigenvalue weighted by atomic mass is 9.99. The highest BCUT2D eigenvalue weighted by molar-refractivity contribution is 5.99. The first kappa shape index (κ1) is 19.2. The van der Waals surface area contributed by atoms with Crippen LogP contribution >= 0.6 is 0 Å². The number of carbonyl (C=O) groups is 1. The van der Waals surface area contributed by atoms with Gasteiger partial charge in [0.15, 0.2) is 0 Å². The number of aromatic carboxylic acids is 1. The van der Waals surface area contributed by atoms with Crippen molar-refractivity contribution in [3.63, 3.8) is 0 Å². The van der Waals surface area contributed by atoms with Gasteiger partial charge in [0.1, 0.15) is 11.3 Å². The fourth-order valence-corrected chi connectivity index (χ4v) is 2.67. The van der Waals surface area contributed by atoms with Crippen LogP contribution in [0.5, 0.6) is 23.5 Å². The Kier molecular flexibility index (Phi) is 6.06. The zero-order chi connectivity index (χ0) is 19.9. The van der Waals surface area contributed by atoms with Gasteiger partial charge in [-0.2, -0.15) is 9.97 Å². The molecule has 7 heteroatoms. The molecular formula is C21H20N2O5. The van der Waals surface area contributed by atoms with Crippen molar-refractivity contribution in [1.82, 2.24) is 9.97 Å². The zero-order valence-corrected chi connectivity index (χ0v) is 15.6. The molecule has 0 aliphatic rings. The highest BCUT2D eigenvalue weighted by atomic mass is 16.5. The lowest BCUT2D eigenvalue weighted by Crippen LogP contribution is -2.06. The van der Waals surface area contributed by atoms with Gasteiger partial charge in [0.05, 0.1) is 19.3 Å². The van der Waals surface area contributed by atoms with Gasteiger partial charge in [0, 0.05) is 0 Å². The summed E-state index contributed by atoms with van der Waals surface area (Å²) >= 11 is 0. The van der Waals surface area contributed by atoms with E-state index >= 15 is 0 Å². The third-order valence-electron chi connectivity index (χ3n) is 3.77. The predicted octanol–water partition coefficient (Wildman–Crippen LogP) is 4.43. The molecular weight excluding hydrogens is 360 g/mol. The smallest absolute Gasteiger partial charge is 0.340 e. The van der Waals surface area contributed by atoms with Crippen molar-refractivity contribution in [2.45, 2.75) is 13.8 Å². The van der Waals surface area contributed by atoms with Crippen molar-refractivity contribution in [2.24, 2.45) is 0 Å². The predicted molar refractivity (Wildman–Crippen MR) is 103 cm³/mol. The van der Waals surface area contributed by atoms with Gasteiger partial charge in [-0.1, -0.05) is 42.5 Å². The topological polar surface area (TPSA) is 90.8 Å². The van der Waals surface area contributed by atoms with E-state index < -0.39 is 5.97 Å². The van der Waals surface area contributed by atoms with Crippen molar-refractivity contribution < 1.29 is 24.1 Å². The van der Waals surface area contributed by atoms with Crippen LogP contribution in [0.2, 0.25) is 0 Å². The second-order valence-corrected chi connectivity index (χ2v) is 5.64. The van der Waals surface area contributed by atoms with E-state index in [4.69, 9.17) is 14.2 Å². The van der Waals surface area contributed by atoms with Crippen molar-refractivity contribution in [2.75, 3.05) is 13.2 Å². The van der Waals surface area contributed by atoms with Gasteiger partial charge >= 0.3 is 12.0 Å². The number of hydrogen-bond acceptors (Lipinski definition) is 6. The summed E-state index contributed by atoms with van der Waals surface area (Å²) in [5, 5.41) is 9.79. The average molecular weight is 380 g/mol. The summed E-state index contributed by atoms with van der Waals surface area (Å²) in [5.74, 6) is -0.413. The molecule has 0 aliphatic heterocycles. The summed E-state index contributed by atoms with van der Waals surface area (Å²) in [4.78, 5) is 20.3. The number of aromatic nitrogens is 2. The Morgan fingerprint density at radius 1 is 0.929 bits per heavy atom. The Labute approximate surface area is 162 Å². The van der Waals surface area contributed by atoms with Crippen LogP contribution in [-0.2, 0) is 0 Å². The summed E-state index contributed by atoms with van der Waals surface area (Å²) in [7, 11) is 0. The van der Waals surface area contributed by atoms with Gasteiger partial charge < -0.3 is 19.3 Å². The Bertz CT molecular complexity index is 936.